The van der Waals surface area contributed by atoms with Crippen molar-refractivity contribution in [3.8, 4) is 0 Å². The number of hydrogen-bond acceptors (Lipinski definition) is 16. The molecule has 2 aliphatic heterocycles. The van der Waals surface area contributed by atoms with Crippen LogP contribution in [0.3, 0.4) is 0 Å². The molecule has 6 aromatic rings. The van der Waals surface area contributed by atoms with Crippen molar-refractivity contribution in [2.45, 2.75) is 129 Å². The lowest BCUT2D eigenvalue weighted by molar-refractivity contribution is -0.385. The Bertz CT molecular complexity index is 3430. The van der Waals surface area contributed by atoms with E-state index in [0.717, 1.165) is 49.9 Å². The van der Waals surface area contributed by atoms with Crippen molar-refractivity contribution in [1.82, 2.24) is 29.1 Å². The Morgan fingerprint density at radius 2 is 1.06 bits per heavy atom. The second-order valence-corrected chi connectivity index (χ2v) is 39.1. The van der Waals surface area contributed by atoms with E-state index in [1.54, 1.807) is 32.0 Å². The molecule has 6 heterocycles. The molecule has 25 heteroatoms. The van der Waals surface area contributed by atoms with Gasteiger partial charge < -0.3 is 19.3 Å². The Morgan fingerprint density at radius 3 is 1.44 bits per heavy atom. The Morgan fingerprint density at radius 1 is 0.646 bits per heavy atom. The molecule has 4 atom stereocenters. The first-order valence-corrected chi connectivity index (χ1v) is 37.8. The standard InChI is InChI=1S/C27H39N5O4SSi.C15H21ClN2O4SSi.C12H17N3O2/c1-19-13-20(2)17-31(16-19)26-10-7-22(15-28-26)30-37(34,35)23-8-9-25-24(14-23)27(33)32(21(3)29-25)18-36-11-12-38(4,5)6;1-11-17-14-6-5-12(23(16,20)21)9-13(14)15(19)18(11)10-22-7-8-24(2,3)4;1-9-5-10(2)8-14(7-9)12-4-3-11(6-13-12)15(16)17/h7-10,14-15,19-20,30H,11-13,16-18H2,1-6H3;5-6,9H,7-8,10H2,1-4H3;3-4,6,9-10H,5,7-8H2,1-2H3/t19-,20-;;9-,10-/m1.1/s1. The number of pyridine rings is 2. The normalized spacial score (nSPS) is 18.1. The fourth-order valence-corrected chi connectivity index (χ4v) is 12.9. The van der Waals surface area contributed by atoms with E-state index < -0.39 is 40.1 Å². The SMILES string of the molecule is C[C@@H]1C[C@@H](C)CN(c2ccc([N+](=O)[O-])cn2)C1.Cc1nc2ccc(S(=O)(=O)Cl)cc2c(=O)n1COCC[Si](C)(C)C.Cc1nc2ccc(S(=O)(=O)Nc3ccc(N4C[C@H](C)C[C@@H](C)C4)nc3)cc2c(=O)n1COCC[Si](C)(C)C. The van der Waals surface area contributed by atoms with Gasteiger partial charge in [0.1, 0.15) is 42.9 Å². The Kier molecular flexibility index (Phi) is 20.8. The van der Waals surface area contributed by atoms with E-state index in [2.05, 4.69) is 101 Å². The lowest BCUT2D eigenvalue weighted by Crippen LogP contribution is -2.39. The maximum atomic E-state index is 13.2. The summed E-state index contributed by atoms with van der Waals surface area (Å²) in [5, 5.41) is 11.0. The van der Waals surface area contributed by atoms with Gasteiger partial charge >= 0.3 is 0 Å². The van der Waals surface area contributed by atoms with Crippen molar-refractivity contribution in [2.75, 3.05) is 53.9 Å². The summed E-state index contributed by atoms with van der Waals surface area (Å²) in [4.78, 5) is 57.8. The number of ether oxygens (including phenoxy) is 2. The minimum absolute atomic E-state index is 0.0123. The molecule has 0 bridgehead atoms. The third-order valence-electron chi connectivity index (χ3n) is 13.6. The molecule has 20 nitrogen and oxygen atoms in total. The van der Waals surface area contributed by atoms with Gasteiger partial charge in [-0.15, -0.1) is 0 Å². The number of nitrogens with zero attached hydrogens (tertiary/aromatic N) is 9. The number of aryl methyl sites for hydroxylation is 2. The van der Waals surface area contributed by atoms with Crippen LogP contribution in [0.5, 0.6) is 0 Å². The lowest BCUT2D eigenvalue weighted by Gasteiger charge is -2.35. The summed E-state index contributed by atoms with van der Waals surface area (Å²) in [6.07, 6.45) is 5.31. The average Bonchev–Trinajstić information content (AvgIpc) is 3.49. The van der Waals surface area contributed by atoms with E-state index in [4.69, 9.17) is 20.2 Å². The molecular formula is C54H77ClN10O10S2Si2. The van der Waals surface area contributed by atoms with Gasteiger partial charge in [0.15, 0.2) is 0 Å². The Hall–Kier alpha value is -5.64. The maximum Gasteiger partial charge on any atom is 0.287 e. The number of benzene rings is 2. The number of sulfonamides is 1. The van der Waals surface area contributed by atoms with Crippen LogP contribution < -0.4 is 25.6 Å². The first kappa shape index (κ1) is 62.6. The van der Waals surface area contributed by atoms with Crippen LogP contribution in [0.4, 0.5) is 23.0 Å². The summed E-state index contributed by atoms with van der Waals surface area (Å²) < 4.78 is 66.1. The summed E-state index contributed by atoms with van der Waals surface area (Å²) in [6.45, 7) is 31.1. The van der Waals surface area contributed by atoms with Gasteiger partial charge in [0.2, 0.25) is 0 Å². The highest BCUT2D eigenvalue weighted by Crippen LogP contribution is 2.28. The predicted octanol–water partition coefficient (Wildman–Crippen LogP) is 10.1. The summed E-state index contributed by atoms with van der Waals surface area (Å²) in [5.74, 6) is 5.19. The van der Waals surface area contributed by atoms with Gasteiger partial charge in [-0.1, -0.05) is 67.0 Å². The lowest BCUT2D eigenvalue weighted by atomic mass is 9.92. The van der Waals surface area contributed by atoms with Gasteiger partial charge in [-0.05, 0) is 117 Å². The van der Waals surface area contributed by atoms with Crippen molar-refractivity contribution in [1.29, 1.82) is 0 Å². The van der Waals surface area contributed by atoms with E-state index in [9.17, 15) is 36.5 Å². The van der Waals surface area contributed by atoms with Crippen LogP contribution >= 0.6 is 10.7 Å². The van der Waals surface area contributed by atoms with Crippen LogP contribution in [0.15, 0.2) is 92.4 Å². The van der Waals surface area contributed by atoms with Gasteiger partial charge in [0.25, 0.3) is 35.9 Å². The second kappa shape index (κ2) is 26.3. The van der Waals surface area contributed by atoms with Crippen molar-refractivity contribution >= 4 is 90.7 Å². The topological polar surface area (TPSA) is 244 Å². The van der Waals surface area contributed by atoms with Crippen molar-refractivity contribution in [2.24, 2.45) is 23.7 Å². The monoisotopic (exact) mass is 1180 g/mol. The predicted molar refractivity (Wildman–Crippen MR) is 319 cm³/mol. The summed E-state index contributed by atoms with van der Waals surface area (Å²) in [7, 11) is -4.95. The van der Waals surface area contributed by atoms with Gasteiger partial charge in [-0.25, -0.2) is 36.8 Å². The molecule has 4 aromatic heterocycles. The minimum atomic E-state index is -3.94. The molecule has 0 aliphatic carbocycles. The molecule has 2 fully saturated rings. The van der Waals surface area contributed by atoms with E-state index in [-0.39, 0.29) is 50.8 Å². The molecule has 0 saturated carbocycles. The van der Waals surface area contributed by atoms with Crippen LogP contribution in [0, 0.1) is 47.6 Å². The van der Waals surface area contributed by atoms with Gasteiger partial charge in [-0.3, -0.25) is 33.6 Å². The van der Waals surface area contributed by atoms with Crippen molar-refractivity contribution in [3.63, 3.8) is 0 Å². The summed E-state index contributed by atoms with van der Waals surface area (Å²) >= 11 is 0. The number of hydrogen-bond donors (Lipinski definition) is 1. The zero-order valence-corrected chi connectivity index (χ0v) is 51.9. The van der Waals surface area contributed by atoms with Crippen molar-refractivity contribution in [3.05, 3.63) is 116 Å². The molecule has 2 aromatic carbocycles. The van der Waals surface area contributed by atoms with E-state index in [1.807, 2.05) is 6.07 Å². The van der Waals surface area contributed by atoms with Gasteiger partial charge in [0, 0.05) is 72.3 Å². The van der Waals surface area contributed by atoms with Gasteiger partial charge in [0.05, 0.1) is 48.4 Å². The summed E-state index contributed by atoms with van der Waals surface area (Å²) in [5.41, 5.74) is 0.621. The number of aromatic nitrogens is 6. The second-order valence-electron chi connectivity index (χ2n) is 23.6. The van der Waals surface area contributed by atoms with E-state index in [1.165, 1.54) is 70.8 Å². The molecule has 430 valence electrons. The average molecular weight is 1180 g/mol. The third-order valence-corrected chi connectivity index (χ3v) is 19.7. The van der Waals surface area contributed by atoms with Crippen LogP contribution in [-0.4, -0.2) is 106 Å². The number of piperidine rings is 2. The number of anilines is 3. The Balaban J connectivity index is 0.000000209. The first-order valence-electron chi connectivity index (χ1n) is 26.6. The van der Waals surface area contributed by atoms with Crippen molar-refractivity contribution < 1.29 is 31.2 Å². The fraction of sp³-hybridized carbons (Fsp3) is 0.519. The van der Waals surface area contributed by atoms with Crippen LogP contribution in [0.2, 0.25) is 51.4 Å². The molecule has 0 spiro atoms. The fourth-order valence-electron chi connectivity index (χ4n) is 9.53. The first-order chi connectivity index (χ1) is 36.9. The highest BCUT2D eigenvalue weighted by molar-refractivity contribution is 8.13. The molecule has 79 heavy (non-hydrogen) atoms. The Labute approximate surface area is 470 Å². The summed E-state index contributed by atoms with van der Waals surface area (Å²) in [6, 6.07) is 17.3. The quantitative estimate of drug-likeness (QED) is 0.0293. The molecular weight excluding hydrogens is 1100 g/mol. The number of rotatable bonds is 17. The van der Waals surface area contributed by atoms with E-state index in [0.29, 0.717) is 65.3 Å². The highest BCUT2D eigenvalue weighted by Gasteiger charge is 2.25. The zero-order chi connectivity index (χ0) is 58.2. The van der Waals surface area contributed by atoms with Crippen LogP contribution in [0.1, 0.15) is 52.2 Å². The van der Waals surface area contributed by atoms with Crippen LogP contribution in [-0.2, 0) is 42.0 Å². The zero-order valence-electron chi connectivity index (χ0n) is 47.5. The van der Waals surface area contributed by atoms with Gasteiger partial charge in [-0.2, -0.15) is 0 Å². The maximum absolute atomic E-state index is 13.2. The third kappa shape index (κ3) is 17.9. The molecule has 0 radical (unpaired) electrons. The molecule has 2 saturated heterocycles. The molecule has 2 aliphatic rings. The molecule has 1 N–H and O–H groups in total. The van der Waals surface area contributed by atoms with E-state index >= 15 is 0 Å². The number of nitrogens with one attached hydrogen (secondary N) is 1. The molecule has 8 rings (SSSR count). The molecule has 0 unspecified atom stereocenters. The molecule has 0 amide bonds. The highest BCUT2D eigenvalue weighted by atomic mass is 35.7. The number of nitro groups is 1. The minimum Gasteiger partial charge on any atom is -0.361 e. The van der Waals surface area contributed by atoms with Crippen LogP contribution in [0.25, 0.3) is 21.8 Å². The largest absolute Gasteiger partial charge is 0.361 e. The number of fused-ring (bicyclic) bond motifs is 2. The number of halogens is 1. The smallest absolute Gasteiger partial charge is 0.287 e.